The lowest BCUT2D eigenvalue weighted by molar-refractivity contribution is 0.0701. The molecule has 0 radical (unpaired) electrons. The van der Waals surface area contributed by atoms with Crippen molar-refractivity contribution in [2.75, 3.05) is 27.3 Å². The Labute approximate surface area is 145 Å². The van der Waals surface area contributed by atoms with E-state index in [-0.39, 0.29) is 5.91 Å². The molecule has 0 bridgehead atoms. The number of hydrogen-bond acceptors (Lipinski definition) is 6. The molecule has 1 aliphatic heterocycles. The van der Waals surface area contributed by atoms with E-state index >= 15 is 0 Å². The fraction of sp³-hybridized carbons (Fsp3) is 0.588. The number of aryl methyl sites for hydroxylation is 1. The van der Waals surface area contributed by atoms with E-state index < -0.39 is 0 Å². The maximum Gasteiger partial charge on any atom is 0.264 e. The highest BCUT2D eigenvalue weighted by atomic mass is 32.1. The van der Waals surface area contributed by atoms with Crippen LogP contribution in [0.1, 0.15) is 40.8 Å². The fourth-order valence-electron chi connectivity index (χ4n) is 3.04. The Hall–Kier alpha value is -1.73. The van der Waals surface area contributed by atoms with Crippen molar-refractivity contribution in [2.24, 2.45) is 5.92 Å². The third kappa shape index (κ3) is 3.10. The first-order valence-electron chi connectivity index (χ1n) is 8.17. The number of carbonyl (C=O) groups is 1. The quantitative estimate of drug-likeness (QED) is 0.849. The van der Waals surface area contributed by atoms with Gasteiger partial charge < -0.3 is 14.4 Å². The van der Waals surface area contributed by atoms with E-state index in [2.05, 4.69) is 16.9 Å². The van der Waals surface area contributed by atoms with Gasteiger partial charge in [0.1, 0.15) is 11.4 Å². The summed E-state index contributed by atoms with van der Waals surface area (Å²) < 4.78 is 10.5. The Morgan fingerprint density at radius 1 is 1.29 bits per heavy atom. The van der Waals surface area contributed by atoms with Crippen molar-refractivity contribution >= 4 is 27.5 Å². The number of thiophene rings is 1. The summed E-state index contributed by atoms with van der Waals surface area (Å²) in [6, 6.07) is 0. The van der Waals surface area contributed by atoms with E-state index in [0.29, 0.717) is 24.2 Å². The van der Waals surface area contributed by atoms with Gasteiger partial charge in [-0.15, -0.1) is 11.3 Å². The lowest BCUT2D eigenvalue weighted by Gasteiger charge is -2.30. The molecule has 2 aromatic heterocycles. The van der Waals surface area contributed by atoms with Gasteiger partial charge in [-0.05, 0) is 31.2 Å². The van der Waals surface area contributed by atoms with Crippen molar-refractivity contribution in [3.05, 3.63) is 16.3 Å². The van der Waals surface area contributed by atoms with Gasteiger partial charge in [0.15, 0.2) is 5.82 Å². The molecule has 1 amide bonds. The average molecular weight is 349 g/mol. The largest absolute Gasteiger partial charge is 0.480 e. The highest BCUT2D eigenvalue weighted by molar-refractivity contribution is 7.20. The summed E-state index contributed by atoms with van der Waals surface area (Å²) in [5.41, 5.74) is 0.902. The van der Waals surface area contributed by atoms with Crippen LogP contribution in [-0.4, -0.2) is 48.1 Å². The van der Waals surface area contributed by atoms with Crippen molar-refractivity contribution in [3.8, 4) is 5.88 Å². The zero-order chi connectivity index (χ0) is 17.3. The van der Waals surface area contributed by atoms with Crippen LogP contribution in [0.15, 0.2) is 0 Å². The molecule has 0 unspecified atom stereocenters. The van der Waals surface area contributed by atoms with Crippen LogP contribution < -0.4 is 4.74 Å². The number of nitrogens with zero attached hydrogens (tertiary/aromatic N) is 3. The van der Waals surface area contributed by atoms with Gasteiger partial charge in [-0.1, -0.05) is 6.92 Å². The van der Waals surface area contributed by atoms with E-state index in [1.54, 1.807) is 14.2 Å². The summed E-state index contributed by atoms with van der Waals surface area (Å²) in [6.45, 7) is 6.15. The molecule has 7 heteroatoms. The fourth-order valence-corrected chi connectivity index (χ4v) is 4.20. The summed E-state index contributed by atoms with van der Waals surface area (Å²) in [4.78, 5) is 25.3. The normalized spacial score (nSPS) is 15.9. The topological polar surface area (TPSA) is 64.6 Å². The maximum atomic E-state index is 12.9. The molecule has 3 rings (SSSR count). The molecular weight excluding hydrogens is 326 g/mol. The Morgan fingerprint density at radius 3 is 2.62 bits per heavy atom. The number of hydrogen-bond donors (Lipinski definition) is 0. The number of fused-ring (bicyclic) bond motifs is 1. The van der Waals surface area contributed by atoms with Gasteiger partial charge >= 0.3 is 0 Å². The first kappa shape index (κ1) is 17.1. The van der Waals surface area contributed by atoms with E-state index in [1.807, 2.05) is 11.8 Å². The zero-order valence-corrected chi connectivity index (χ0v) is 15.4. The second-order valence-electron chi connectivity index (χ2n) is 6.29. The number of carbonyl (C=O) groups excluding carboxylic acids is 1. The van der Waals surface area contributed by atoms with Crippen LogP contribution >= 0.6 is 11.3 Å². The summed E-state index contributed by atoms with van der Waals surface area (Å²) in [7, 11) is 3.19. The average Bonchev–Trinajstić information content (AvgIpc) is 2.91. The second-order valence-corrected chi connectivity index (χ2v) is 7.29. The molecule has 24 heavy (non-hydrogen) atoms. The number of amides is 1. The summed E-state index contributed by atoms with van der Waals surface area (Å²) in [5, 5.41) is 0.830. The number of ether oxygens (including phenoxy) is 2. The van der Waals surface area contributed by atoms with Crippen molar-refractivity contribution in [1.82, 2.24) is 14.9 Å². The summed E-state index contributed by atoms with van der Waals surface area (Å²) >= 11 is 1.42. The van der Waals surface area contributed by atoms with Crippen molar-refractivity contribution in [3.63, 3.8) is 0 Å². The van der Waals surface area contributed by atoms with Crippen LogP contribution in [-0.2, 0) is 11.3 Å². The molecule has 130 valence electrons. The number of likely N-dealkylation sites (tertiary alicyclic amines) is 1. The lowest BCUT2D eigenvalue weighted by Crippen LogP contribution is -2.37. The molecule has 0 aromatic carbocycles. The van der Waals surface area contributed by atoms with Crippen LogP contribution in [0, 0.1) is 12.8 Å². The standard InChI is InChI=1S/C17H23N3O3S/c1-10-5-7-20(8-6-10)17(21)14-11(2)13-15(23-4)18-12(9-22-3)19-16(13)24-14/h10H,5-9H2,1-4H3. The predicted molar refractivity (Wildman–Crippen MR) is 93.7 cm³/mol. The first-order valence-corrected chi connectivity index (χ1v) is 8.99. The molecule has 1 fully saturated rings. The first-order chi connectivity index (χ1) is 11.5. The molecule has 0 aliphatic carbocycles. The van der Waals surface area contributed by atoms with Gasteiger partial charge in [-0.25, -0.2) is 4.98 Å². The Kier molecular flexibility index (Phi) is 5.01. The van der Waals surface area contributed by atoms with Gasteiger partial charge in [0.25, 0.3) is 5.91 Å². The molecule has 0 atom stereocenters. The molecule has 1 saturated heterocycles. The molecule has 6 nitrogen and oxygen atoms in total. The van der Waals surface area contributed by atoms with Crippen LogP contribution in [0.5, 0.6) is 5.88 Å². The van der Waals surface area contributed by atoms with Crippen molar-refractivity contribution in [1.29, 1.82) is 0 Å². The number of piperidine rings is 1. The van der Waals surface area contributed by atoms with Crippen molar-refractivity contribution in [2.45, 2.75) is 33.3 Å². The molecule has 0 spiro atoms. The minimum Gasteiger partial charge on any atom is -0.480 e. The predicted octanol–water partition coefficient (Wildman–Crippen LogP) is 3.03. The van der Waals surface area contributed by atoms with Gasteiger partial charge in [-0.2, -0.15) is 4.98 Å². The van der Waals surface area contributed by atoms with Crippen molar-refractivity contribution < 1.29 is 14.3 Å². The van der Waals surface area contributed by atoms with Gasteiger partial charge in [0.05, 0.1) is 17.4 Å². The minimum absolute atomic E-state index is 0.0951. The van der Waals surface area contributed by atoms with Crippen LogP contribution in [0.3, 0.4) is 0 Å². The highest BCUT2D eigenvalue weighted by Gasteiger charge is 2.26. The van der Waals surface area contributed by atoms with Crippen LogP contribution in [0.25, 0.3) is 10.2 Å². The van der Waals surface area contributed by atoms with E-state index in [4.69, 9.17) is 9.47 Å². The Bertz CT molecular complexity index is 751. The Balaban J connectivity index is 1.99. The zero-order valence-electron chi connectivity index (χ0n) is 14.6. The van der Waals surface area contributed by atoms with Crippen LogP contribution in [0.4, 0.5) is 0 Å². The molecule has 1 aliphatic rings. The van der Waals surface area contributed by atoms with E-state index in [9.17, 15) is 4.79 Å². The summed E-state index contributed by atoms with van der Waals surface area (Å²) in [5.74, 6) is 1.86. The monoisotopic (exact) mass is 349 g/mol. The molecule has 3 heterocycles. The highest BCUT2D eigenvalue weighted by Crippen LogP contribution is 2.36. The number of rotatable bonds is 4. The second kappa shape index (κ2) is 7.03. The van der Waals surface area contributed by atoms with Gasteiger partial charge in [-0.3, -0.25) is 4.79 Å². The molecule has 0 N–H and O–H groups in total. The third-order valence-electron chi connectivity index (χ3n) is 4.54. The number of methoxy groups -OCH3 is 2. The van der Waals surface area contributed by atoms with Crippen LogP contribution in [0.2, 0.25) is 0 Å². The smallest absolute Gasteiger partial charge is 0.264 e. The van der Waals surface area contributed by atoms with Gasteiger partial charge in [0.2, 0.25) is 5.88 Å². The van der Waals surface area contributed by atoms with E-state index in [1.165, 1.54) is 11.3 Å². The van der Waals surface area contributed by atoms with E-state index in [0.717, 1.165) is 46.6 Å². The lowest BCUT2D eigenvalue weighted by atomic mass is 9.99. The third-order valence-corrected chi connectivity index (χ3v) is 5.71. The summed E-state index contributed by atoms with van der Waals surface area (Å²) in [6.07, 6.45) is 2.13. The number of aromatic nitrogens is 2. The SMILES string of the molecule is COCc1nc(OC)c2c(C)c(C(=O)N3CCC(C)CC3)sc2n1. The molecule has 0 saturated carbocycles. The molecule has 2 aromatic rings. The maximum absolute atomic E-state index is 12.9. The Morgan fingerprint density at radius 2 is 2.00 bits per heavy atom. The molecular formula is C17H23N3O3S. The van der Waals surface area contributed by atoms with Gasteiger partial charge in [0, 0.05) is 20.2 Å². The minimum atomic E-state index is 0.0951.